The van der Waals surface area contributed by atoms with E-state index in [9.17, 15) is 5.11 Å². The number of aryl methyl sites for hydroxylation is 2. The Kier molecular flexibility index (Phi) is 4.99. The molecule has 1 aromatic rings. The van der Waals surface area contributed by atoms with Crippen molar-refractivity contribution in [1.29, 1.82) is 0 Å². The van der Waals surface area contributed by atoms with E-state index in [-0.39, 0.29) is 0 Å². The van der Waals surface area contributed by atoms with Crippen molar-refractivity contribution >= 4 is 0 Å². The molecule has 2 rings (SSSR count). The number of aliphatic hydroxyl groups is 1. The van der Waals surface area contributed by atoms with Gasteiger partial charge < -0.3 is 10.4 Å². The van der Waals surface area contributed by atoms with Crippen LogP contribution in [0.15, 0.2) is 6.07 Å². The first-order valence-corrected chi connectivity index (χ1v) is 7.59. The molecule has 108 valence electrons. The molecule has 19 heavy (non-hydrogen) atoms. The highest BCUT2D eigenvalue weighted by Crippen LogP contribution is 2.26. The van der Waals surface area contributed by atoms with Crippen molar-refractivity contribution in [3.05, 3.63) is 17.5 Å². The first-order chi connectivity index (χ1) is 9.13. The molecule has 0 spiro atoms. The van der Waals surface area contributed by atoms with Gasteiger partial charge in [-0.1, -0.05) is 25.7 Å². The first-order valence-electron chi connectivity index (χ1n) is 7.59. The molecule has 0 radical (unpaired) electrons. The van der Waals surface area contributed by atoms with Gasteiger partial charge in [-0.25, -0.2) is 0 Å². The summed E-state index contributed by atoms with van der Waals surface area (Å²) in [6.07, 6.45) is 6.72. The number of hydrogen-bond donors (Lipinski definition) is 2. The van der Waals surface area contributed by atoms with E-state index in [1.165, 1.54) is 18.5 Å². The number of rotatable bonds is 5. The maximum absolute atomic E-state index is 10.6. The molecule has 0 bridgehead atoms. The maximum Gasteiger partial charge on any atom is 0.0771 e. The lowest BCUT2D eigenvalue weighted by Gasteiger charge is -2.27. The molecular weight excluding hydrogens is 238 g/mol. The van der Waals surface area contributed by atoms with Gasteiger partial charge in [-0.05, 0) is 32.8 Å². The standard InChI is InChI=1S/C15H27N3O/c1-3-18-14(10-13(2)17-18)11-16-12-15(19)8-6-4-5-7-9-15/h10,16,19H,3-9,11-12H2,1-2H3. The second kappa shape index (κ2) is 6.53. The molecule has 1 heterocycles. The minimum absolute atomic E-state index is 0.497. The summed E-state index contributed by atoms with van der Waals surface area (Å²) in [5.74, 6) is 0. The van der Waals surface area contributed by atoms with Gasteiger partial charge in [-0.2, -0.15) is 5.10 Å². The summed E-state index contributed by atoms with van der Waals surface area (Å²) in [7, 11) is 0. The van der Waals surface area contributed by atoms with Gasteiger partial charge in [0.25, 0.3) is 0 Å². The van der Waals surface area contributed by atoms with Gasteiger partial charge in [0.2, 0.25) is 0 Å². The zero-order valence-electron chi connectivity index (χ0n) is 12.3. The van der Waals surface area contributed by atoms with Crippen LogP contribution in [0.2, 0.25) is 0 Å². The molecule has 1 fully saturated rings. The van der Waals surface area contributed by atoms with Crippen molar-refractivity contribution in [2.75, 3.05) is 6.54 Å². The van der Waals surface area contributed by atoms with E-state index in [1.54, 1.807) is 0 Å². The first kappa shape index (κ1) is 14.5. The average Bonchev–Trinajstić information content (AvgIpc) is 2.59. The van der Waals surface area contributed by atoms with E-state index in [1.807, 2.05) is 11.6 Å². The van der Waals surface area contributed by atoms with E-state index >= 15 is 0 Å². The largest absolute Gasteiger partial charge is 0.389 e. The zero-order chi connectivity index (χ0) is 13.7. The van der Waals surface area contributed by atoms with Gasteiger partial charge in [0, 0.05) is 19.6 Å². The summed E-state index contributed by atoms with van der Waals surface area (Å²) < 4.78 is 2.03. The van der Waals surface area contributed by atoms with Gasteiger partial charge in [0.1, 0.15) is 0 Å². The van der Waals surface area contributed by atoms with Gasteiger partial charge in [-0.3, -0.25) is 4.68 Å². The third kappa shape index (κ3) is 4.05. The third-order valence-electron chi connectivity index (χ3n) is 4.08. The minimum atomic E-state index is -0.497. The van der Waals surface area contributed by atoms with Crippen molar-refractivity contribution in [2.45, 2.75) is 71.1 Å². The molecular formula is C15H27N3O. The van der Waals surface area contributed by atoms with Crippen LogP contribution in [0.25, 0.3) is 0 Å². The van der Waals surface area contributed by atoms with Crippen LogP contribution >= 0.6 is 0 Å². The Bertz CT molecular complexity index is 392. The fourth-order valence-corrected chi connectivity index (χ4v) is 3.00. The van der Waals surface area contributed by atoms with Gasteiger partial charge in [-0.15, -0.1) is 0 Å². The Labute approximate surface area is 116 Å². The van der Waals surface area contributed by atoms with Gasteiger partial charge >= 0.3 is 0 Å². The van der Waals surface area contributed by atoms with E-state index in [0.29, 0.717) is 6.54 Å². The lowest BCUT2D eigenvalue weighted by Crippen LogP contribution is -2.40. The van der Waals surface area contributed by atoms with E-state index < -0.39 is 5.60 Å². The fourth-order valence-electron chi connectivity index (χ4n) is 3.00. The Balaban J connectivity index is 1.85. The molecule has 0 unspecified atom stereocenters. The Morgan fingerprint density at radius 3 is 2.63 bits per heavy atom. The summed E-state index contributed by atoms with van der Waals surface area (Å²) in [6, 6.07) is 2.12. The van der Waals surface area contributed by atoms with Crippen molar-refractivity contribution in [1.82, 2.24) is 15.1 Å². The molecule has 1 aliphatic carbocycles. The third-order valence-corrected chi connectivity index (χ3v) is 4.08. The molecule has 0 saturated heterocycles. The second-order valence-electron chi connectivity index (χ2n) is 5.83. The number of nitrogens with zero attached hydrogens (tertiary/aromatic N) is 2. The zero-order valence-corrected chi connectivity index (χ0v) is 12.3. The predicted octanol–water partition coefficient (Wildman–Crippen LogP) is 2.39. The van der Waals surface area contributed by atoms with Crippen LogP contribution < -0.4 is 5.32 Å². The van der Waals surface area contributed by atoms with Crippen LogP contribution in [-0.4, -0.2) is 27.0 Å². The van der Waals surface area contributed by atoms with Crippen LogP contribution in [0.4, 0.5) is 0 Å². The Morgan fingerprint density at radius 1 is 1.32 bits per heavy atom. The SMILES string of the molecule is CCn1nc(C)cc1CNCC1(O)CCCCCC1. The van der Waals surface area contributed by atoms with Crippen LogP contribution in [0.1, 0.15) is 56.8 Å². The van der Waals surface area contributed by atoms with E-state index in [0.717, 1.165) is 44.5 Å². The van der Waals surface area contributed by atoms with Crippen molar-refractivity contribution in [2.24, 2.45) is 0 Å². The van der Waals surface area contributed by atoms with Gasteiger partial charge in [0.15, 0.2) is 0 Å². The lowest BCUT2D eigenvalue weighted by atomic mass is 9.94. The summed E-state index contributed by atoms with van der Waals surface area (Å²) in [5.41, 5.74) is 1.77. The maximum atomic E-state index is 10.6. The minimum Gasteiger partial charge on any atom is -0.389 e. The van der Waals surface area contributed by atoms with Gasteiger partial charge in [0.05, 0.1) is 17.0 Å². The molecule has 2 N–H and O–H groups in total. The van der Waals surface area contributed by atoms with Crippen molar-refractivity contribution < 1.29 is 5.11 Å². The smallest absolute Gasteiger partial charge is 0.0771 e. The summed E-state index contributed by atoms with van der Waals surface area (Å²) in [4.78, 5) is 0. The molecule has 0 aliphatic heterocycles. The number of hydrogen-bond acceptors (Lipinski definition) is 3. The molecule has 0 atom stereocenters. The second-order valence-corrected chi connectivity index (χ2v) is 5.83. The van der Waals surface area contributed by atoms with Crippen LogP contribution in [0, 0.1) is 6.92 Å². The lowest BCUT2D eigenvalue weighted by molar-refractivity contribution is 0.0249. The topological polar surface area (TPSA) is 50.1 Å². The molecule has 4 heteroatoms. The molecule has 0 aromatic carbocycles. The number of aromatic nitrogens is 2. The summed E-state index contributed by atoms with van der Waals surface area (Å²) in [6.45, 7) is 6.51. The average molecular weight is 265 g/mol. The number of nitrogens with one attached hydrogen (secondary N) is 1. The molecule has 1 aromatic heterocycles. The fraction of sp³-hybridized carbons (Fsp3) is 0.800. The van der Waals surface area contributed by atoms with Crippen LogP contribution in [0.3, 0.4) is 0 Å². The van der Waals surface area contributed by atoms with E-state index in [4.69, 9.17) is 0 Å². The Hall–Kier alpha value is -0.870. The normalized spacial score (nSPS) is 19.3. The molecule has 1 saturated carbocycles. The van der Waals surface area contributed by atoms with Crippen molar-refractivity contribution in [3.63, 3.8) is 0 Å². The highest BCUT2D eigenvalue weighted by atomic mass is 16.3. The van der Waals surface area contributed by atoms with Crippen LogP contribution in [-0.2, 0) is 13.1 Å². The van der Waals surface area contributed by atoms with Crippen LogP contribution in [0.5, 0.6) is 0 Å². The Morgan fingerprint density at radius 2 is 2.00 bits per heavy atom. The molecule has 0 amide bonds. The van der Waals surface area contributed by atoms with Crippen molar-refractivity contribution in [3.8, 4) is 0 Å². The summed E-state index contributed by atoms with van der Waals surface area (Å²) in [5, 5.41) is 18.4. The van der Waals surface area contributed by atoms with E-state index in [2.05, 4.69) is 23.4 Å². The molecule has 1 aliphatic rings. The summed E-state index contributed by atoms with van der Waals surface area (Å²) >= 11 is 0. The quantitative estimate of drug-likeness (QED) is 0.804. The monoisotopic (exact) mass is 265 g/mol. The predicted molar refractivity (Wildman–Crippen MR) is 77.0 cm³/mol. The molecule has 4 nitrogen and oxygen atoms in total. The highest BCUT2D eigenvalue weighted by Gasteiger charge is 2.27. The highest BCUT2D eigenvalue weighted by molar-refractivity contribution is 5.08.